The topological polar surface area (TPSA) is 26.3 Å². The van der Waals surface area contributed by atoms with E-state index in [0.29, 0.717) is 5.92 Å². The van der Waals surface area contributed by atoms with Crippen LogP contribution < -0.4 is 0 Å². The molecule has 0 saturated heterocycles. The first-order valence-corrected chi connectivity index (χ1v) is 7.74. The summed E-state index contributed by atoms with van der Waals surface area (Å²) in [5.41, 5.74) is 1.54. The molecule has 1 unspecified atom stereocenters. The van der Waals surface area contributed by atoms with E-state index in [0.717, 1.165) is 29.0 Å². The van der Waals surface area contributed by atoms with Gasteiger partial charge in [-0.15, -0.1) is 0 Å². The number of alkyl halides is 1. The molecule has 1 atom stereocenters. The van der Waals surface area contributed by atoms with Crippen molar-refractivity contribution in [1.82, 2.24) is 0 Å². The van der Waals surface area contributed by atoms with Crippen molar-refractivity contribution >= 4 is 33.5 Å². The Morgan fingerprint density at radius 3 is 2.58 bits per heavy atom. The molecule has 0 heterocycles. The minimum atomic E-state index is -0.485. The average molecular weight is 346 g/mol. The molecule has 104 valence electrons. The first-order chi connectivity index (χ1) is 8.79. The fourth-order valence-corrected chi connectivity index (χ4v) is 2.89. The van der Waals surface area contributed by atoms with Crippen molar-refractivity contribution in [3.63, 3.8) is 0 Å². The number of esters is 1. The molecule has 4 heteroatoms. The van der Waals surface area contributed by atoms with Crippen LogP contribution in [0.4, 0.5) is 0 Å². The third-order valence-electron chi connectivity index (χ3n) is 2.96. The maximum atomic E-state index is 12.2. The van der Waals surface area contributed by atoms with Crippen molar-refractivity contribution in [2.24, 2.45) is 0 Å². The molecule has 0 spiro atoms. The monoisotopic (exact) mass is 344 g/mol. The maximum Gasteiger partial charge on any atom is 0.324 e. The van der Waals surface area contributed by atoms with E-state index in [1.54, 1.807) is 0 Å². The van der Waals surface area contributed by atoms with E-state index in [4.69, 9.17) is 16.3 Å². The predicted octanol–water partition coefficient (Wildman–Crippen LogP) is 5.00. The lowest BCUT2D eigenvalue weighted by atomic mass is 10.0. The number of hydrogen-bond acceptors (Lipinski definition) is 2. The van der Waals surface area contributed by atoms with Gasteiger partial charge in [0.15, 0.2) is 0 Å². The van der Waals surface area contributed by atoms with Crippen molar-refractivity contribution < 1.29 is 9.53 Å². The molecule has 0 bridgehead atoms. The second-order valence-corrected chi connectivity index (χ2v) is 7.24. The molecule has 1 aromatic carbocycles. The molecule has 1 fully saturated rings. The summed E-state index contributed by atoms with van der Waals surface area (Å²) in [6.45, 7) is 5.60. The molecule has 0 aliphatic heterocycles. The molecule has 1 aromatic rings. The third-order valence-corrected chi connectivity index (χ3v) is 4.16. The standard InChI is InChI=1S/C15H18BrClO2/c1-15(2,3)19-14(18)13(16)10-5-4-6-11(17)12(10)9-7-8-9/h4-6,9,13H,7-8H2,1-3H3. The van der Waals surface area contributed by atoms with Crippen LogP contribution in [0.1, 0.15) is 55.5 Å². The van der Waals surface area contributed by atoms with E-state index in [2.05, 4.69) is 15.9 Å². The van der Waals surface area contributed by atoms with E-state index < -0.39 is 10.4 Å². The second kappa shape index (κ2) is 5.45. The fraction of sp³-hybridized carbons (Fsp3) is 0.533. The number of rotatable bonds is 3. The Morgan fingerprint density at radius 2 is 2.05 bits per heavy atom. The normalized spacial score (nSPS) is 17.1. The van der Waals surface area contributed by atoms with Gasteiger partial charge in [-0.1, -0.05) is 39.7 Å². The van der Waals surface area contributed by atoms with Crippen LogP contribution in [-0.4, -0.2) is 11.6 Å². The summed E-state index contributed by atoms with van der Waals surface area (Å²) in [6.07, 6.45) is 2.29. The van der Waals surface area contributed by atoms with Gasteiger partial charge in [0.2, 0.25) is 0 Å². The molecule has 0 aromatic heterocycles. The average Bonchev–Trinajstić information content (AvgIpc) is 3.09. The van der Waals surface area contributed by atoms with Gasteiger partial charge in [0.25, 0.3) is 0 Å². The smallest absolute Gasteiger partial charge is 0.324 e. The van der Waals surface area contributed by atoms with Gasteiger partial charge in [-0.05, 0) is 56.7 Å². The summed E-state index contributed by atoms with van der Waals surface area (Å²) in [4.78, 5) is 11.7. The Balaban J connectivity index is 2.26. The molecule has 2 nitrogen and oxygen atoms in total. The zero-order valence-corrected chi connectivity index (χ0v) is 13.7. The second-order valence-electron chi connectivity index (χ2n) is 5.91. The lowest BCUT2D eigenvalue weighted by Gasteiger charge is -2.23. The summed E-state index contributed by atoms with van der Waals surface area (Å²) in [5.74, 6) is 0.225. The largest absolute Gasteiger partial charge is 0.459 e. The molecule has 2 rings (SSSR count). The number of carbonyl (C=O) groups is 1. The van der Waals surface area contributed by atoms with Crippen LogP contribution in [0.25, 0.3) is 0 Å². The van der Waals surface area contributed by atoms with Gasteiger partial charge in [-0.25, -0.2) is 0 Å². The number of hydrogen-bond donors (Lipinski definition) is 0. The highest BCUT2D eigenvalue weighted by Gasteiger charge is 2.33. The van der Waals surface area contributed by atoms with Crippen LogP contribution in [0.15, 0.2) is 18.2 Å². The van der Waals surface area contributed by atoms with Gasteiger partial charge in [0.05, 0.1) is 0 Å². The lowest BCUT2D eigenvalue weighted by molar-refractivity contribution is -0.154. The van der Waals surface area contributed by atoms with Gasteiger partial charge < -0.3 is 4.74 Å². The molecule has 0 radical (unpaired) electrons. The number of carbonyl (C=O) groups excluding carboxylic acids is 1. The van der Waals surface area contributed by atoms with Crippen LogP contribution in [-0.2, 0) is 9.53 Å². The molecule has 1 saturated carbocycles. The van der Waals surface area contributed by atoms with Gasteiger partial charge >= 0.3 is 5.97 Å². The van der Waals surface area contributed by atoms with E-state index in [9.17, 15) is 4.79 Å². The van der Waals surface area contributed by atoms with Gasteiger partial charge in [0.1, 0.15) is 10.4 Å². The Hall–Kier alpha value is -0.540. The third kappa shape index (κ3) is 3.73. The number of ether oxygens (including phenoxy) is 1. The minimum Gasteiger partial charge on any atom is -0.459 e. The molecule has 19 heavy (non-hydrogen) atoms. The molecule has 1 aliphatic carbocycles. The summed E-state index contributed by atoms with van der Waals surface area (Å²) in [7, 11) is 0. The van der Waals surface area contributed by atoms with Crippen molar-refractivity contribution in [2.45, 2.75) is 50.0 Å². The highest BCUT2D eigenvalue weighted by molar-refractivity contribution is 9.09. The van der Waals surface area contributed by atoms with E-state index >= 15 is 0 Å². The van der Waals surface area contributed by atoms with E-state index in [1.165, 1.54) is 0 Å². The molecular formula is C15H18BrClO2. The van der Waals surface area contributed by atoms with Crippen LogP contribution in [0, 0.1) is 0 Å². The van der Waals surface area contributed by atoms with Crippen molar-refractivity contribution in [3.8, 4) is 0 Å². The van der Waals surface area contributed by atoms with Gasteiger partial charge in [-0.2, -0.15) is 0 Å². The zero-order valence-electron chi connectivity index (χ0n) is 11.4. The number of benzene rings is 1. The Bertz CT molecular complexity index is 489. The van der Waals surface area contributed by atoms with E-state index in [1.807, 2.05) is 39.0 Å². The summed E-state index contributed by atoms with van der Waals surface area (Å²) in [6, 6.07) is 5.71. The van der Waals surface area contributed by atoms with Crippen LogP contribution in [0.3, 0.4) is 0 Å². The van der Waals surface area contributed by atoms with Crippen LogP contribution >= 0.6 is 27.5 Å². The van der Waals surface area contributed by atoms with Crippen LogP contribution in [0.5, 0.6) is 0 Å². The molecule has 0 N–H and O–H groups in total. The number of halogens is 2. The maximum absolute atomic E-state index is 12.2. The highest BCUT2D eigenvalue weighted by atomic mass is 79.9. The van der Waals surface area contributed by atoms with Crippen LogP contribution in [0.2, 0.25) is 5.02 Å². The lowest BCUT2D eigenvalue weighted by Crippen LogP contribution is -2.26. The molecule has 0 amide bonds. The highest BCUT2D eigenvalue weighted by Crippen LogP contribution is 2.47. The molecular weight excluding hydrogens is 328 g/mol. The quantitative estimate of drug-likeness (QED) is 0.569. The van der Waals surface area contributed by atoms with Gasteiger partial charge in [-0.3, -0.25) is 4.79 Å². The van der Waals surface area contributed by atoms with Gasteiger partial charge in [0, 0.05) is 5.02 Å². The fourth-order valence-electron chi connectivity index (χ4n) is 2.06. The minimum absolute atomic E-state index is 0.267. The summed E-state index contributed by atoms with van der Waals surface area (Å²) < 4.78 is 5.42. The predicted molar refractivity (Wildman–Crippen MR) is 80.9 cm³/mol. The zero-order chi connectivity index (χ0) is 14.2. The first-order valence-electron chi connectivity index (χ1n) is 6.45. The van der Waals surface area contributed by atoms with Crippen molar-refractivity contribution in [3.05, 3.63) is 34.3 Å². The Kier molecular flexibility index (Phi) is 4.26. The van der Waals surface area contributed by atoms with Crippen molar-refractivity contribution in [2.75, 3.05) is 0 Å². The summed E-state index contributed by atoms with van der Waals surface area (Å²) in [5, 5.41) is 0.744. The SMILES string of the molecule is CC(C)(C)OC(=O)C(Br)c1cccc(Cl)c1C1CC1. The first kappa shape index (κ1) is 14.9. The Labute approximate surface area is 127 Å². The molecule has 1 aliphatic rings. The van der Waals surface area contributed by atoms with Crippen molar-refractivity contribution in [1.29, 1.82) is 0 Å². The van der Waals surface area contributed by atoms with E-state index in [-0.39, 0.29) is 5.97 Å². The Morgan fingerprint density at radius 1 is 1.42 bits per heavy atom. The summed E-state index contributed by atoms with van der Waals surface area (Å²) >= 11 is 9.73.